The van der Waals surface area contributed by atoms with Crippen LogP contribution in [0.25, 0.3) is 0 Å². The Morgan fingerprint density at radius 2 is 2.06 bits per heavy atom. The Morgan fingerprint density at radius 3 is 2.61 bits per heavy atom. The second kappa shape index (κ2) is 5.26. The van der Waals surface area contributed by atoms with Crippen LogP contribution in [0.15, 0.2) is 0 Å². The summed E-state index contributed by atoms with van der Waals surface area (Å²) in [6, 6.07) is -0.684. The number of hydrogen-bond donors (Lipinski definition) is 1. The predicted octanol–water partition coefficient (Wildman–Crippen LogP) is 0.537. The van der Waals surface area contributed by atoms with Gasteiger partial charge in [-0.1, -0.05) is 0 Å². The maximum absolute atomic E-state index is 12.3. The summed E-state index contributed by atoms with van der Waals surface area (Å²) in [5.41, 5.74) is 0. The highest BCUT2D eigenvalue weighted by molar-refractivity contribution is 5.97. The fourth-order valence-electron chi connectivity index (χ4n) is 2.29. The molecule has 2 unspecified atom stereocenters. The first-order valence-corrected chi connectivity index (χ1v) is 6.73. The molecule has 2 fully saturated rings. The molecular formula is C13H22N2O3. The van der Waals surface area contributed by atoms with Crippen LogP contribution in [0.5, 0.6) is 0 Å². The van der Waals surface area contributed by atoms with E-state index in [1.807, 2.05) is 13.8 Å². The number of carbonyl (C=O) groups excluding carboxylic acids is 2. The van der Waals surface area contributed by atoms with Crippen LogP contribution in [-0.4, -0.2) is 48.1 Å². The molecule has 1 saturated carbocycles. The molecule has 1 saturated heterocycles. The highest BCUT2D eigenvalue weighted by Crippen LogP contribution is 2.34. The summed E-state index contributed by atoms with van der Waals surface area (Å²) in [4.78, 5) is 25.8. The molecule has 18 heavy (non-hydrogen) atoms. The highest BCUT2D eigenvalue weighted by atomic mass is 16.5. The van der Waals surface area contributed by atoms with Gasteiger partial charge in [0, 0.05) is 6.54 Å². The molecule has 0 aromatic heterocycles. The fraction of sp³-hybridized carbons (Fsp3) is 0.846. The van der Waals surface area contributed by atoms with Crippen molar-refractivity contribution in [2.24, 2.45) is 5.92 Å². The zero-order valence-electron chi connectivity index (χ0n) is 11.3. The lowest BCUT2D eigenvalue weighted by Crippen LogP contribution is -2.63. The van der Waals surface area contributed by atoms with E-state index in [2.05, 4.69) is 5.32 Å². The topological polar surface area (TPSA) is 58.6 Å². The molecule has 0 aromatic rings. The van der Waals surface area contributed by atoms with Gasteiger partial charge in [-0.25, -0.2) is 0 Å². The van der Waals surface area contributed by atoms with Crippen molar-refractivity contribution >= 4 is 11.8 Å². The monoisotopic (exact) mass is 254 g/mol. The molecular weight excluding hydrogens is 232 g/mol. The second-order valence-electron chi connectivity index (χ2n) is 5.45. The number of amides is 2. The molecule has 2 rings (SSSR count). The molecule has 0 spiro atoms. The Morgan fingerprint density at radius 1 is 1.39 bits per heavy atom. The maximum Gasteiger partial charge on any atom is 0.246 e. The number of nitrogens with one attached hydrogen (secondary N) is 1. The molecule has 5 nitrogen and oxygen atoms in total. The zero-order chi connectivity index (χ0) is 13.3. The third-order valence-corrected chi connectivity index (χ3v) is 3.57. The number of ether oxygens (including phenoxy) is 1. The van der Waals surface area contributed by atoms with Crippen LogP contribution < -0.4 is 5.32 Å². The Labute approximate surface area is 108 Å². The van der Waals surface area contributed by atoms with E-state index in [1.165, 1.54) is 0 Å². The molecule has 0 radical (unpaired) electrons. The van der Waals surface area contributed by atoms with E-state index >= 15 is 0 Å². The molecule has 1 heterocycles. The van der Waals surface area contributed by atoms with Crippen molar-refractivity contribution in [1.82, 2.24) is 10.2 Å². The van der Waals surface area contributed by atoms with Gasteiger partial charge in [-0.2, -0.15) is 0 Å². The van der Waals surface area contributed by atoms with Crippen LogP contribution in [0.4, 0.5) is 0 Å². The average Bonchev–Trinajstić information content (AvgIpc) is 3.12. The van der Waals surface area contributed by atoms with E-state index in [9.17, 15) is 9.59 Å². The van der Waals surface area contributed by atoms with E-state index in [-0.39, 0.29) is 30.0 Å². The molecule has 2 atom stereocenters. The number of nitrogens with zero attached hydrogens (tertiary/aromatic N) is 1. The third-order valence-electron chi connectivity index (χ3n) is 3.57. The van der Waals surface area contributed by atoms with Gasteiger partial charge in [0.1, 0.15) is 12.1 Å². The van der Waals surface area contributed by atoms with E-state index in [4.69, 9.17) is 4.74 Å². The van der Waals surface area contributed by atoms with Crippen molar-refractivity contribution < 1.29 is 14.3 Å². The molecule has 1 N–H and O–H groups in total. The molecule has 1 aliphatic carbocycles. The van der Waals surface area contributed by atoms with E-state index in [1.54, 1.807) is 11.8 Å². The standard InChI is InChI=1S/C13H22N2O3/c1-8(2)18-7-6-15-9(3)12(16)14-11(13(15)17)10-4-5-10/h8-11H,4-7H2,1-3H3,(H,14,16). The van der Waals surface area contributed by atoms with Crippen molar-refractivity contribution in [2.75, 3.05) is 13.2 Å². The summed E-state index contributed by atoms with van der Waals surface area (Å²) in [6.07, 6.45) is 2.23. The quantitative estimate of drug-likeness (QED) is 0.779. The van der Waals surface area contributed by atoms with Crippen LogP contribution in [0, 0.1) is 5.92 Å². The summed E-state index contributed by atoms with van der Waals surface area (Å²) in [5.74, 6) is 0.357. The second-order valence-corrected chi connectivity index (χ2v) is 5.45. The SMILES string of the molecule is CC(C)OCCN1C(=O)C(C2CC2)NC(=O)C1C. The minimum Gasteiger partial charge on any atom is -0.377 e. The molecule has 2 amide bonds. The van der Waals surface area contributed by atoms with Crippen molar-refractivity contribution in [3.8, 4) is 0 Å². The van der Waals surface area contributed by atoms with E-state index in [0.717, 1.165) is 12.8 Å². The number of carbonyl (C=O) groups is 2. The van der Waals surface area contributed by atoms with Crippen LogP contribution in [0.2, 0.25) is 0 Å². The van der Waals surface area contributed by atoms with Crippen molar-refractivity contribution in [3.63, 3.8) is 0 Å². The Kier molecular flexibility index (Phi) is 3.90. The van der Waals surface area contributed by atoms with Gasteiger partial charge in [0.05, 0.1) is 12.7 Å². The van der Waals surface area contributed by atoms with Crippen LogP contribution in [-0.2, 0) is 14.3 Å². The highest BCUT2D eigenvalue weighted by Gasteiger charge is 2.45. The lowest BCUT2D eigenvalue weighted by Gasteiger charge is -2.37. The summed E-state index contributed by atoms with van der Waals surface area (Å²) < 4.78 is 5.46. The zero-order valence-corrected chi connectivity index (χ0v) is 11.3. The molecule has 102 valence electrons. The minimum absolute atomic E-state index is 0.0453. The van der Waals surface area contributed by atoms with E-state index in [0.29, 0.717) is 19.1 Å². The van der Waals surface area contributed by atoms with Crippen molar-refractivity contribution in [1.29, 1.82) is 0 Å². The van der Waals surface area contributed by atoms with Gasteiger partial charge in [0.15, 0.2) is 0 Å². The first-order chi connectivity index (χ1) is 8.50. The summed E-state index contributed by atoms with van der Waals surface area (Å²) in [7, 11) is 0. The van der Waals surface area contributed by atoms with Crippen molar-refractivity contribution in [2.45, 2.75) is 51.8 Å². The van der Waals surface area contributed by atoms with Gasteiger partial charge in [0.25, 0.3) is 0 Å². The number of rotatable bonds is 5. The smallest absolute Gasteiger partial charge is 0.246 e. The molecule has 0 bridgehead atoms. The van der Waals surface area contributed by atoms with Gasteiger partial charge in [-0.05, 0) is 39.5 Å². The first kappa shape index (κ1) is 13.3. The number of piperazine rings is 1. The summed E-state index contributed by atoms with van der Waals surface area (Å²) >= 11 is 0. The van der Waals surface area contributed by atoms with Gasteiger partial charge in [0.2, 0.25) is 11.8 Å². The lowest BCUT2D eigenvalue weighted by molar-refractivity contribution is -0.150. The molecule has 5 heteroatoms. The molecule has 0 aromatic carbocycles. The minimum atomic E-state index is -0.386. The Balaban J connectivity index is 1.96. The van der Waals surface area contributed by atoms with Gasteiger partial charge < -0.3 is 15.0 Å². The normalized spacial score (nSPS) is 28.8. The summed E-state index contributed by atoms with van der Waals surface area (Å²) in [5, 5.41) is 2.84. The summed E-state index contributed by atoms with van der Waals surface area (Å²) in [6.45, 7) is 6.67. The van der Waals surface area contributed by atoms with Crippen LogP contribution >= 0.6 is 0 Å². The third kappa shape index (κ3) is 2.83. The predicted molar refractivity (Wildman–Crippen MR) is 66.9 cm³/mol. The van der Waals surface area contributed by atoms with Gasteiger partial charge >= 0.3 is 0 Å². The first-order valence-electron chi connectivity index (χ1n) is 6.73. The van der Waals surface area contributed by atoms with Crippen molar-refractivity contribution in [3.05, 3.63) is 0 Å². The Bertz CT molecular complexity index is 339. The fourth-order valence-corrected chi connectivity index (χ4v) is 2.29. The number of hydrogen-bond acceptors (Lipinski definition) is 3. The maximum atomic E-state index is 12.3. The average molecular weight is 254 g/mol. The largest absolute Gasteiger partial charge is 0.377 e. The van der Waals surface area contributed by atoms with Crippen LogP contribution in [0.1, 0.15) is 33.6 Å². The van der Waals surface area contributed by atoms with Gasteiger partial charge in [-0.3, -0.25) is 9.59 Å². The van der Waals surface area contributed by atoms with Crippen LogP contribution in [0.3, 0.4) is 0 Å². The van der Waals surface area contributed by atoms with Gasteiger partial charge in [-0.15, -0.1) is 0 Å². The Hall–Kier alpha value is -1.10. The lowest BCUT2D eigenvalue weighted by atomic mass is 10.0. The van der Waals surface area contributed by atoms with E-state index < -0.39 is 0 Å². The molecule has 2 aliphatic rings. The molecule has 1 aliphatic heterocycles.